The predicted octanol–water partition coefficient (Wildman–Crippen LogP) is 1.46. The smallest absolute Gasteiger partial charge is 0.220 e. The van der Waals surface area contributed by atoms with Crippen molar-refractivity contribution in [1.82, 2.24) is 20.4 Å². The minimum Gasteiger partial charge on any atom is -0.348 e. The van der Waals surface area contributed by atoms with Gasteiger partial charge in [-0.15, -0.1) is 11.3 Å². The molecule has 7 heteroatoms. The maximum Gasteiger partial charge on any atom is 0.220 e. The minimum atomic E-state index is -0.0645. The summed E-state index contributed by atoms with van der Waals surface area (Å²) in [5.41, 5.74) is 1.71. The van der Waals surface area contributed by atoms with Crippen LogP contribution in [0, 0.1) is 11.3 Å². The summed E-state index contributed by atoms with van der Waals surface area (Å²) in [4.78, 5) is 12.8. The topological polar surface area (TPSA) is 82.7 Å². The number of piperidine rings is 1. The number of hydrogen-bond donors (Lipinski definition) is 2. The van der Waals surface area contributed by atoms with Crippen LogP contribution in [0.4, 0.5) is 0 Å². The number of amides is 1. The fourth-order valence-electron chi connectivity index (χ4n) is 2.70. The van der Waals surface area contributed by atoms with Crippen molar-refractivity contribution in [2.45, 2.75) is 31.5 Å². The second kappa shape index (κ2) is 6.30. The summed E-state index contributed by atoms with van der Waals surface area (Å²) < 4.78 is 1.74. The molecule has 0 bridgehead atoms. The average Bonchev–Trinajstić information content (AvgIpc) is 3.14. The zero-order valence-corrected chi connectivity index (χ0v) is 13.1. The lowest BCUT2D eigenvalue weighted by molar-refractivity contribution is -0.123. The van der Waals surface area contributed by atoms with E-state index in [0.29, 0.717) is 18.5 Å². The van der Waals surface area contributed by atoms with Gasteiger partial charge in [-0.05, 0) is 12.5 Å². The molecule has 0 radical (unpaired) electrons. The number of aromatic nitrogens is 2. The monoisotopic (exact) mass is 315 g/mol. The highest BCUT2D eigenvalue weighted by atomic mass is 32.1. The predicted molar refractivity (Wildman–Crippen MR) is 83.0 cm³/mol. The third kappa shape index (κ3) is 3.18. The molecule has 22 heavy (non-hydrogen) atoms. The maximum atomic E-state index is 11.7. The highest BCUT2D eigenvalue weighted by molar-refractivity contribution is 7.10. The number of hydrogen-bond acceptors (Lipinski definition) is 5. The van der Waals surface area contributed by atoms with Gasteiger partial charge in [-0.1, -0.05) is 0 Å². The molecule has 0 spiro atoms. The Hall–Kier alpha value is -2.17. The highest BCUT2D eigenvalue weighted by Crippen LogP contribution is 2.24. The van der Waals surface area contributed by atoms with Gasteiger partial charge in [-0.2, -0.15) is 10.4 Å². The Morgan fingerprint density at radius 2 is 2.50 bits per heavy atom. The molecule has 2 atom stereocenters. The van der Waals surface area contributed by atoms with Crippen molar-refractivity contribution in [2.24, 2.45) is 7.05 Å². The van der Waals surface area contributed by atoms with E-state index in [9.17, 15) is 4.79 Å². The Morgan fingerprint density at radius 3 is 3.18 bits per heavy atom. The molecule has 0 aromatic carbocycles. The van der Waals surface area contributed by atoms with Crippen LogP contribution in [0.5, 0.6) is 0 Å². The van der Waals surface area contributed by atoms with E-state index < -0.39 is 0 Å². The quantitative estimate of drug-likeness (QED) is 0.895. The van der Waals surface area contributed by atoms with Crippen LogP contribution in [0.15, 0.2) is 23.8 Å². The largest absolute Gasteiger partial charge is 0.348 e. The van der Waals surface area contributed by atoms with Crippen molar-refractivity contribution in [3.8, 4) is 6.07 Å². The first-order valence-corrected chi connectivity index (χ1v) is 8.02. The van der Waals surface area contributed by atoms with Crippen molar-refractivity contribution in [3.05, 3.63) is 39.8 Å². The molecular formula is C15H17N5OS. The molecule has 114 valence electrons. The van der Waals surface area contributed by atoms with Crippen LogP contribution >= 0.6 is 11.3 Å². The van der Waals surface area contributed by atoms with Crippen LogP contribution in [0.2, 0.25) is 0 Å². The first-order valence-electron chi connectivity index (χ1n) is 7.14. The minimum absolute atomic E-state index is 0.0645. The van der Waals surface area contributed by atoms with Crippen molar-refractivity contribution in [1.29, 1.82) is 5.26 Å². The number of aryl methyl sites for hydroxylation is 1. The average molecular weight is 315 g/mol. The Bertz CT molecular complexity index is 714. The zero-order valence-electron chi connectivity index (χ0n) is 12.2. The fraction of sp³-hybridized carbons (Fsp3) is 0.400. The SMILES string of the molecule is Cn1cc([C@@H]2NC(=O)CC[C@H]2NCc2cc(C#N)cs2)cn1. The summed E-state index contributed by atoms with van der Waals surface area (Å²) in [7, 11) is 1.87. The van der Waals surface area contributed by atoms with Gasteiger partial charge in [0.25, 0.3) is 0 Å². The first kappa shape index (κ1) is 14.8. The van der Waals surface area contributed by atoms with Gasteiger partial charge in [0.15, 0.2) is 0 Å². The number of carbonyl (C=O) groups is 1. The van der Waals surface area contributed by atoms with Gasteiger partial charge in [0.05, 0.1) is 17.8 Å². The Labute approximate surface area is 132 Å². The molecule has 3 rings (SSSR count). The number of nitrogens with zero attached hydrogens (tertiary/aromatic N) is 3. The summed E-state index contributed by atoms with van der Waals surface area (Å²) in [6.07, 6.45) is 5.05. The van der Waals surface area contributed by atoms with Crippen molar-refractivity contribution < 1.29 is 4.79 Å². The third-order valence-electron chi connectivity index (χ3n) is 3.81. The molecule has 1 amide bonds. The van der Waals surface area contributed by atoms with E-state index in [0.717, 1.165) is 16.9 Å². The third-order valence-corrected chi connectivity index (χ3v) is 4.74. The number of rotatable bonds is 4. The van der Waals surface area contributed by atoms with Gasteiger partial charge < -0.3 is 10.6 Å². The fourth-order valence-corrected chi connectivity index (χ4v) is 3.46. The van der Waals surface area contributed by atoms with Crippen LogP contribution < -0.4 is 10.6 Å². The molecule has 2 aromatic rings. The number of nitriles is 1. The molecule has 2 aromatic heterocycles. The number of nitrogens with one attached hydrogen (secondary N) is 2. The molecule has 0 aliphatic carbocycles. The Morgan fingerprint density at radius 1 is 1.64 bits per heavy atom. The van der Waals surface area contributed by atoms with Gasteiger partial charge in [-0.3, -0.25) is 9.48 Å². The lowest BCUT2D eigenvalue weighted by atomic mass is 9.93. The van der Waals surface area contributed by atoms with Crippen molar-refractivity contribution in [2.75, 3.05) is 0 Å². The van der Waals surface area contributed by atoms with Gasteiger partial charge in [0, 0.05) is 48.1 Å². The number of thiophene rings is 1. The second-order valence-corrected chi connectivity index (χ2v) is 6.43. The molecule has 1 fully saturated rings. The van der Waals surface area contributed by atoms with Crippen LogP contribution in [0.1, 0.15) is 34.9 Å². The van der Waals surface area contributed by atoms with E-state index in [-0.39, 0.29) is 18.0 Å². The van der Waals surface area contributed by atoms with Crippen LogP contribution in [-0.2, 0) is 18.4 Å². The number of carbonyl (C=O) groups excluding carboxylic acids is 1. The summed E-state index contributed by atoms with van der Waals surface area (Å²) in [6, 6.07) is 4.14. The molecule has 1 aliphatic rings. The zero-order chi connectivity index (χ0) is 15.5. The Kier molecular flexibility index (Phi) is 4.22. The maximum absolute atomic E-state index is 11.7. The van der Waals surface area contributed by atoms with E-state index in [2.05, 4.69) is 21.8 Å². The summed E-state index contributed by atoms with van der Waals surface area (Å²) in [6.45, 7) is 0.698. The molecule has 6 nitrogen and oxygen atoms in total. The molecule has 0 unspecified atom stereocenters. The highest BCUT2D eigenvalue weighted by Gasteiger charge is 2.30. The second-order valence-electron chi connectivity index (χ2n) is 5.43. The summed E-state index contributed by atoms with van der Waals surface area (Å²) in [5.74, 6) is 0.0785. The van der Waals surface area contributed by atoms with Gasteiger partial charge >= 0.3 is 0 Å². The van der Waals surface area contributed by atoms with Gasteiger partial charge in [-0.25, -0.2) is 0 Å². The molecule has 3 heterocycles. The molecule has 2 N–H and O–H groups in total. The summed E-state index contributed by atoms with van der Waals surface area (Å²) in [5, 5.41) is 21.5. The van der Waals surface area contributed by atoms with E-state index in [1.54, 1.807) is 22.2 Å². The first-order chi connectivity index (χ1) is 10.7. The molecule has 1 saturated heterocycles. The van der Waals surface area contributed by atoms with Gasteiger partial charge in [0.2, 0.25) is 5.91 Å². The van der Waals surface area contributed by atoms with E-state index in [1.165, 1.54) is 0 Å². The standard InChI is InChI=1S/C15H17N5OS/c1-20-8-11(6-18-20)15-13(2-3-14(21)19-15)17-7-12-4-10(5-16)9-22-12/h4,6,8-9,13,15,17H,2-3,7H2,1H3,(H,19,21)/t13-,15+/m1/s1. The molecule has 1 aliphatic heterocycles. The lowest BCUT2D eigenvalue weighted by Crippen LogP contribution is -2.48. The summed E-state index contributed by atoms with van der Waals surface area (Å²) >= 11 is 1.58. The van der Waals surface area contributed by atoms with Crippen LogP contribution in [0.3, 0.4) is 0 Å². The van der Waals surface area contributed by atoms with Crippen LogP contribution in [-0.4, -0.2) is 21.7 Å². The van der Waals surface area contributed by atoms with E-state index in [4.69, 9.17) is 5.26 Å². The van der Waals surface area contributed by atoms with E-state index in [1.807, 2.05) is 24.7 Å². The lowest BCUT2D eigenvalue weighted by Gasteiger charge is -2.32. The van der Waals surface area contributed by atoms with Crippen molar-refractivity contribution >= 4 is 17.2 Å². The Balaban J connectivity index is 1.69. The van der Waals surface area contributed by atoms with Gasteiger partial charge in [0.1, 0.15) is 6.07 Å². The van der Waals surface area contributed by atoms with Crippen LogP contribution in [0.25, 0.3) is 0 Å². The normalized spacial score (nSPS) is 21.4. The van der Waals surface area contributed by atoms with Crippen molar-refractivity contribution in [3.63, 3.8) is 0 Å². The van der Waals surface area contributed by atoms with E-state index >= 15 is 0 Å². The molecule has 0 saturated carbocycles. The molecular weight excluding hydrogens is 298 g/mol.